The highest BCUT2D eigenvalue weighted by molar-refractivity contribution is 5.59. The van der Waals surface area contributed by atoms with E-state index < -0.39 is 23.1 Å². The average molecular weight is 454 g/mol. The summed E-state index contributed by atoms with van der Waals surface area (Å²) in [7, 11) is 0. The van der Waals surface area contributed by atoms with Crippen molar-refractivity contribution in [3.63, 3.8) is 0 Å². The van der Waals surface area contributed by atoms with E-state index in [9.17, 15) is 23.4 Å². The lowest BCUT2D eigenvalue weighted by molar-refractivity contribution is -0.261. The number of aliphatic hydroxyl groups is 2. The van der Waals surface area contributed by atoms with Crippen LogP contribution >= 0.6 is 0 Å². The van der Waals surface area contributed by atoms with Gasteiger partial charge in [0, 0.05) is 23.4 Å². The van der Waals surface area contributed by atoms with Gasteiger partial charge in [0.1, 0.15) is 11.5 Å². The molecular formula is C22H29F3N4O3. The summed E-state index contributed by atoms with van der Waals surface area (Å²) in [5.41, 5.74) is -4.36. The molecule has 3 heterocycles. The van der Waals surface area contributed by atoms with Crippen LogP contribution in [0.15, 0.2) is 4.52 Å². The molecule has 0 saturated heterocycles. The maximum absolute atomic E-state index is 13.5. The molecule has 10 heteroatoms. The third-order valence-corrected chi connectivity index (χ3v) is 8.66. The predicted octanol–water partition coefficient (Wildman–Crippen LogP) is 4.18. The van der Waals surface area contributed by atoms with Crippen LogP contribution in [-0.4, -0.2) is 41.9 Å². The second kappa shape index (κ2) is 6.34. The number of hydrogen-bond donors (Lipinski definition) is 2. The van der Waals surface area contributed by atoms with Gasteiger partial charge in [0.25, 0.3) is 0 Å². The Balaban J connectivity index is 1.54. The van der Waals surface area contributed by atoms with Gasteiger partial charge in [-0.25, -0.2) is 0 Å². The van der Waals surface area contributed by atoms with E-state index in [-0.39, 0.29) is 28.1 Å². The summed E-state index contributed by atoms with van der Waals surface area (Å²) in [4.78, 5) is 0. The van der Waals surface area contributed by atoms with Gasteiger partial charge in [0.05, 0.1) is 5.60 Å². The van der Waals surface area contributed by atoms with Gasteiger partial charge in [0.2, 0.25) is 17.2 Å². The average Bonchev–Trinajstić information content (AvgIpc) is 3.33. The van der Waals surface area contributed by atoms with Crippen LogP contribution in [0.2, 0.25) is 0 Å². The fraction of sp³-hybridized carbons (Fsp3) is 0.773. The molecule has 32 heavy (non-hydrogen) atoms. The highest BCUT2D eigenvalue weighted by Crippen LogP contribution is 2.61. The molecule has 2 N–H and O–H groups in total. The Labute approximate surface area is 184 Å². The lowest BCUT2D eigenvalue weighted by Gasteiger charge is -2.57. The van der Waals surface area contributed by atoms with Crippen molar-refractivity contribution in [2.24, 2.45) is 5.41 Å². The maximum Gasteiger partial charge on any atom is 0.422 e. The van der Waals surface area contributed by atoms with Gasteiger partial charge in [-0.2, -0.15) is 13.2 Å². The summed E-state index contributed by atoms with van der Waals surface area (Å²) in [6.45, 7) is 6.68. The Morgan fingerprint density at radius 2 is 1.59 bits per heavy atom. The molecule has 4 aliphatic rings. The van der Waals surface area contributed by atoms with Crippen molar-refractivity contribution in [1.82, 2.24) is 19.9 Å². The minimum Gasteiger partial charge on any atom is -0.390 e. The fourth-order valence-corrected chi connectivity index (χ4v) is 6.24. The molecule has 2 bridgehead atoms. The van der Waals surface area contributed by atoms with Gasteiger partial charge in [-0.3, -0.25) is 0 Å². The second-order valence-corrected chi connectivity index (χ2v) is 10.8. The Bertz CT molecular complexity index is 1040. The zero-order valence-electron chi connectivity index (χ0n) is 18.8. The highest BCUT2D eigenvalue weighted by Gasteiger charge is 2.58. The third kappa shape index (κ3) is 2.71. The molecule has 0 aromatic carbocycles. The molecule has 7 nitrogen and oxygen atoms in total. The molecule has 0 spiro atoms. The maximum atomic E-state index is 13.5. The molecule has 2 aromatic heterocycles. The quantitative estimate of drug-likeness (QED) is 0.722. The summed E-state index contributed by atoms with van der Waals surface area (Å²) < 4.78 is 47.7. The zero-order chi connectivity index (χ0) is 23.3. The topological polar surface area (TPSA) is 97.2 Å². The summed E-state index contributed by atoms with van der Waals surface area (Å²) in [5.74, 6) is 0.996. The van der Waals surface area contributed by atoms with Gasteiger partial charge >= 0.3 is 6.18 Å². The first-order chi connectivity index (χ1) is 14.7. The van der Waals surface area contributed by atoms with Gasteiger partial charge < -0.3 is 19.3 Å². The standard InChI is InChI=1S/C22H29F3N4O3/c1-12-11-29-16(14-13(12)15(28-32-14)19(4,31)22(23,24)25)26-27-17(29)20-5-8-21(9-6-20,10-7-20)18(2,3)30/h12,30-31H,5-11H2,1-4H3/t12-,19+,20?,21?/m0/s1. The van der Waals surface area contributed by atoms with E-state index in [4.69, 9.17) is 4.52 Å². The van der Waals surface area contributed by atoms with E-state index in [0.717, 1.165) is 44.3 Å². The van der Waals surface area contributed by atoms with Crippen molar-refractivity contribution in [3.8, 4) is 11.6 Å². The number of nitrogens with zero attached hydrogens (tertiary/aromatic N) is 4. The van der Waals surface area contributed by atoms with Crippen LogP contribution in [-0.2, 0) is 17.6 Å². The van der Waals surface area contributed by atoms with Gasteiger partial charge in [-0.05, 0) is 64.7 Å². The van der Waals surface area contributed by atoms with Gasteiger partial charge in [-0.15, -0.1) is 10.2 Å². The molecule has 2 atom stereocenters. The van der Waals surface area contributed by atoms with Crippen LogP contribution in [0.3, 0.4) is 0 Å². The SMILES string of the molecule is C[C@H]1Cn2c(nnc2C23CCC(C(C)(C)O)(CC2)CC3)-c2onc([C@@](C)(O)C(F)(F)F)c21. The van der Waals surface area contributed by atoms with Crippen molar-refractivity contribution >= 4 is 0 Å². The van der Waals surface area contributed by atoms with E-state index in [0.29, 0.717) is 19.3 Å². The van der Waals surface area contributed by atoms with E-state index in [2.05, 4.69) is 15.4 Å². The highest BCUT2D eigenvalue weighted by atomic mass is 19.4. The van der Waals surface area contributed by atoms with Crippen LogP contribution in [0.25, 0.3) is 11.6 Å². The van der Waals surface area contributed by atoms with E-state index >= 15 is 0 Å². The van der Waals surface area contributed by atoms with Crippen molar-refractivity contribution in [1.29, 1.82) is 0 Å². The van der Waals surface area contributed by atoms with Crippen LogP contribution in [0, 0.1) is 5.41 Å². The predicted molar refractivity (Wildman–Crippen MR) is 108 cm³/mol. The number of fused-ring (bicyclic) bond motifs is 6. The molecular weight excluding hydrogens is 425 g/mol. The Hall–Kier alpha value is -1.94. The normalized spacial score (nSPS) is 31.8. The monoisotopic (exact) mass is 454 g/mol. The molecule has 3 fully saturated rings. The van der Waals surface area contributed by atoms with Crippen molar-refractivity contribution in [2.45, 2.75) is 101 Å². The van der Waals surface area contributed by atoms with E-state index in [1.54, 1.807) is 6.92 Å². The molecule has 0 radical (unpaired) electrons. The Kier molecular flexibility index (Phi) is 4.34. The summed E-state index contributed by atoms with van der Waals surface area (Å²) in [5, 5.41) is 33.4. The van der Waals surface area contributed by atoms with Crippen molar-refractivity contribution in [2.75, 3.05) is 0 Å². The molecule has 2 aromatic rings. The summed E-state index contributed by atoms with van der Waals surface area (Å²) >= 11 is 0. The minimum atomic E-state index is -4.89. The first kappa shape index (κ1) is 21.9. The second-order valence-electron chi connectivity index (χ2n) is 10.8. The molecule has 0 amide bonds. The van der Waals surface area contributed by atoms with E-state index in [1.807, 2.05) is 18.4 Å². The Morgan fingerprint density at radius 3 is 2.12 bits per heavy atom. The summed E-state index contributed by atoms with van der Waals surface area (Å²) in [6.07, 6.45) is 0.493. The minimum absolute atomic E-state index is 0.0804. The molecule has 176 valence electrons. The first-order valence-corrected chi connectivity index (χ1v) is 11.2. The number of alkyl halides is 3. The molecule has 6 rings (SSSR count). The number of aromatic nitrogens is 4. The van der Waals surface area contributed by atoms with Gasteiger partial charge in [-0.1, -0.05) is 12.1 Å². The van der Waals surface area contributed by atoms with Crippen LogP contribution in [0.5, 0.6) is 0 Å². The van der Waals surface area contributed by atoms with Crippen LogP contribution in [0.1, 0.15) is 89.2 Å². The van der Waals surface area contributed by atoms with Crippen molar-refractivity contribution < 1.29 is 27.9 Å². The number of halogens is 3. The summed E-state index contributed by atoms with van der Waals surface area (Å²) in [6, 6.07) is 0. The van der Waals surface area contributed by atoms with Crippen LogP contribution in [0.4, 0.5) is 13.2 Å². The fourth-order valence-electron chi connectivity index (χ4n) is 6.24. The van der Waals surface area contributed by atoms with E-state index in [1.165, 1.54) is 0 Å². The van der Waals surface area contributed by atoms with Crippen LogP contribution < -0.4 is 0 Å². The lowest BCUT2D eigenvalue weighted by Crippen LogP contribution is -2.54. The molecule has 3 aliphatic carbocycles. The lowest BCUT2D eigenvalue weighted by atomic mass is 9.49. The number of hydrogen-bond acceptors (Lipinski definition) is 6. The van der Waals surface area contributed by atoms with Gasteiger partial charge in [0.15, 0.2) is 0 Å². The molecule has 0 unspecified atom stereocenters. The number of rotatable bonds is 3. The molecule has 3 saturated carbocycles. The third-order valence-electron chi connectivity index (χ3n) is 8.66. The Morgan fingerprint density at radius 1 is 1.00 bits per heavy atom. The van der Waals surface area contributed by atoms with Crippen molar-refractivity contribution in [3.05, 3.63) is 17.1 Å². The zero-order valence-corrected chi connectivity index (χ0v) is 18.8. The first-order valence-electron chi connectivity index (χ1n) is 11.2. The smallest absolute Gasteiger partial charge is 0.390 e. The molecule has 1 aliphatic heterocycles. The largest absolute Gasteiger partial charge is 0.422 e.